The zero-order chi connectivity index (χ0) is 25.7. The number of methoxy groups -OCH3 is 1. The molecule has 0 aliphatic heterocycles. The van der Waals surface area contributed by atoms with Crippen molar-refractivity contribution in [2.45, 2.75) is 70.9 Å². The van der Waals surface area contributed by atoms with Crippen LogP contribution < -0.4 is 15.8 Å². The number of nitrogens with zero attached hydrogens (tertiary/aromatic N) is 1. The Hall–Kier alpha value is -3.02. The normalized spacial score (nSPS) is 12.6. The lowest BCUT2D eigenvalue weighted by Crippen LogP contribution is -2.45. The lowest BCUT2D eigenvalue weighted by molar-refractivity contribution is -0.139. The Morgan fingerprint density at radius 1 is 1.24 bits per heavy atom. The van der Waals surface area contributed by atoms with Gasteiger partial charge in [0.25, 0.3) is 10.0 Å². The van der Waals surface area contributed by atoms with Crippen molar-refractivity contribution in [3.05, 3.63) is 22.8 Å². The van der Waals surface area contributed by atoms with E-state index in [1.807, 2.05) is 0 Å². The summed E-state index contributed by atoms with van der Waals surface area (Å²) in [7, 11) is -2.72. The molecule has 1 atom stereocenters. The van der Waals surface area contributed by atoms with Crippen molar-refractivity contribution in [1.29, 1.82) is 5.41 Å². The summed E-state index contributed by atoms with van der Waals surface area (Å²) < 4.78 is 37.8. The highest BCUT2D eigenvalue weighted by atomic mass is 32.2. The average Bonchev–Trinajstić information content (AvgIpc) is 2.64. The number of rotatable bonds is 9. The van der Waals surface area contributed by atoms with Crippen molar-refractivity contribution >= 4 is 28.0 Å². The largest absolute Gasteiger partial charge is 0.496 e. The lowest BCUT2D eigenvalue weighted by atomic mass is 10.1. The Morgan fingerprint density at radius 2 is 1.82 bits per heavy atom. The van der Waals surface area contributed by atoms with Gasteiger partial charge in [0, 0.05) is 6.54 Å². The molecule has 33 heavy (non-hydrogen) atoms. The predicted octanol–water partition coefficient (Wildman–Crippen LogP) is 2.26. The van der Waals surface area contributed by atoms with Crippen molar-refractivity contribution in [1.82, 2.24) is 9.62 Å². The molecule has 0 aliphatic carbocycles. The van der Waals surface area contributed by atoms with Crippen LogP contribution >= 0.6 is 0 Å². The number of carboxylic acid groups (broad SMARTS) is 1. The minimum atomic E-state index is -4.21. The lowest BCUT2D eigenvalue weighted by Gasteiger charge is -2.26. The average molecular weight is 487 g/mol. The molecular formula is C21H34N4O7S. The number of benzene rings is 1. The number of alkyl carbamates (subject to hydrolysis) is 1. The number of nitrogens with two attached hydrogens (primary N) is 1. The summed E-state index contributed by atoms with van der Waals surface area (Å²) in [6.45, 7) is 9.66. The molecule has 1 amide bonds. The Bertz CT molecular complexity index is 1020. The van der Waals surface area contributed by atoms with Crippen LogP contribution in [0.15, 0.2) is 11.0 Å². The van der Waals surface area contributed by atoms with E-state index in [2.05, 4.69) is 5.32 Å². The zero-order valence-corrected chi connectivity index (χ0v) is 20.9. The monoisotopic (exact) mass is 486 g/mol. The number of aryl methyl sites for hydroxylation is 1. The van der Waals surface area contributed by atoms with E-state index < -0.39 is 39.7 Å². The van der Waals surface area contributed by atoms with Crippen molar-refractivity contribution < 1.29 is 32.6 Å². The summed E-state index contributed by atoms with van der Waals surface area (Å²) in [6, 6.07) is 0.293. The van der Waals surface area contributed by atoms with Gasteiger partial charge in [0.2, 0.25) is 5.96 Å². The molecule has 11 nitrogen and oxygen atoms in total. The van der Waals surface area contributed by atoms with Crippen LogP contribution in [0.25, 0.3) is 0 Å². The quantitative estimate of drug-likeness (QED) is 0.304. The number of ether oxygens (including phenoxy) is 2. The minimum Gasteiger partial charge on any atom is -0.496 e. The molecule has 186 valence electrons. The molecule has 1 aromatic rings. The fraction of sp³-hybridized carbons (Fsp3) is 0.571. The van der Waals surface area contributed by atoms with Crippen LogP contribution in [0.1, 0.15) is 50.3 Å². The summed E-state index contributed by atoms with van der Waals surface area (Å²) >= 11 is 0. The third-order valence-corrected chi connectivity index (χ3v) is 6.96. The van der Waals surface area contributed by atoms with Gasteiger partial charge in [-0.2, -0.15) is 0 Å². The third-order valence-electron chi connectivity index (χ3n) is 4.86. The number of sulfonamides is 1. The molecule has 0 fully saturated rings. The molecule has 1 aromatic carbocycles. The molecular weight excluding hydrogens is 452 g/mol. The van der Waals surface area contributed by atoms with Crippen LogP contribution in [0.5, 0.6) is 5.75 Å². The molecule has 0 saturated carbocycles. The number of nitrogens with one attached hydrogen (secondary N) is 2. The summed E-state index contributed by atoms with van der Waals surface area (Å²) in [5, 5.41) is 19.5. The summed E-state index contributed by atoms with van der Waals surface area (Å²) in [4.78, 5) is 23.5. The molecule has 0 aliphatic rings. The number of hydrogen-bond donors (Lipinski definition) is 4. The molecule has 0 unspecified atom stereocenters. The van der Waals surface area contributed by atoms with E-state index in [0.29, 0.717) is 22.4 Å². The first-order valence-electron chi connectivity index (χ1n) is 10.3. The highest BCUT2D eigenvalue weighted by molar-refractivity contribution is 7.89. The number of carbonyl (C=O) groups is 2. The molecule has 0 aromatic heterocycles. The smallest absolute Gasteiger partial charge is 0.408 e. The van der Waals surface area contributed by atoms with Crippen LogP contribution in [0.3, 0.4) is 0 Å². The van der Waals surface area contributed by atoms with Crippen molar-refractivity contribution in [3.8, 4) is 5.75 Å². The van der Waals surface area contributed by atoms with E-state index >= 15 is 0 Å². The molecule has 12 heteroatoms. The highest BCUT2D eigenvalue weighted by Gasteiger charge is 2.31. The molecule has 0 saturated heterocycles. The van der Waals surface area contributed by atoms with Gasteiger partial charge >= 0.3 is 12.1 Å². The molecule has 5 N–H and O–H groups in total. The van der Waals surface area contributed by atoms with E-state index in [1.165, 1.54) is 7.11 Å². The van der Waals surface area contributed by atoms with E-state index in [4.69, 9.17) is 20.6 Å². The topological polar surface area (TPSA) is 172 Å². The van der Waals surface area contributed by atoms with E-state index in [-0.39, 0.29) is 24.3 Å². The van der Waals surface area contributed by atoms with Crippen LogP contribution in [0.4, 0.5) is 4.79 Å². The highest BCUT2D eigenvalue weighted by Crippen LogP contribution is 2.32. The number of carbonyl (C=O) groups excluding carboxylic acids is 1. The SMILES string of the molecule is COc1cc(C)c(S(=O)(=O)N(CCC[C@@H](NC(=O)OC(C)(C)C)C(=O)O)C(=N)N)c(C)c1C. The Kier molecular flexibility index (Phi) is 9.11. The maximum Gasteiger partial charge on any atom is 0.408 e. The zero-order valence-electron chi connectivity index (χ0n) is 20.1. The second-order valence-corrected chi connectivity index (χ2v) is 10.4. The molecule has 0 spiro atoms. The van der Waals surface area contributed by atoms with Gasteiger partial charge in [0.05, 0.1) is 12.0 Å². The van der Waals surface area contributed by atoms with Crippen LogP contribution in [-0.4, -0.2) is 61.1 Å². The van der Waals surface area contributed by atoms with Crippen molar-refractivity contribution in [2.75, 3.05) is 13.7 Å². The first-order valence-corrected chi connectivity index (χ1v) is 11.7. The van der Waals surface area contributed by atoms with Gasteiger partial charge in [-0.25, -0.2) is 22.3 Å². The summed E-state index contributed by atoms with van der Waals surface area (Å²) in [5.74, 6) is -1.46. The maximum atomic E-state index is 13.4. The maximum absolute atomic E-state index is 13.4. The Labute approximate surface area is 194 Å². The first kappa shape index (κ1) is 28.0. The predicted molar refractivity (Wildman–Crippen MR) is 123 cm³/mol. The Balaban J connectivity index is 3.09. The van der Waals surface area contributed by atoms with Gasteiger partial charge in [0.1, 0.15) is 17.4 Å². The summed E-state index contributed by atoms with van der Waals surface area (Å²) in [5.41, 5.74) is 6.30. The Morgan fingerprint density at radius 3 is 2.27 bits per heavy atom. The number of amides is 1. The van der Waals surface area contributed by atoms with Crippen LogP contribution in [-0.2, 0) is 19.6 Å². The first-order chi connectivity index (χ1) is 15.0. The van der Waals surface area contributed by atoms with Crippen molar-refractivity contribution in [3.63, 3.8) is 0 Å². The number of carboxylic acids is 1. The molecule has 0 radical (unpaired) electrons. The molecule has 1 rings (SSSR count). The standard InChI is InChI=1S/C21H34N4O7S/c1-12-11-16(31-7)13(2)14(3)17(12)33(29,30)25(19(22)23)10-8-9-15(18(26)27)24-20(28)32-21(4,5)6/h11,15H,8-10H2,1-7H3,(H3,22,23)(H,24,28)(H,26,27)/t15-/m1/s1. The van der Waals surface area contributed by atoms with Crippen LogP contribution in [0, 0.1) is 26.2 Å². The van der Waals surface area contributed by atoms with Crippen molar-refractivity contribution in [2.24, 2.45) is 5.73 Å². The third kappa shape index (κ3) is 7.24. The van der Waals surface area contributed by atoms with E-state index in [0.717, 1.165) is 4.31 Å². The number of hydrogen-bond acceptors (Lipinski definition) is 7. The van der Waals surface area contributed by atoms with E-state index in [9.17, 15) is 23.1 Å². The van der Waals surface area contributed by atoms with Crippen LogP contribution in [0.2, 0.25) is 0 Å². The van der Waals surface area contributed by atoms with Gasteiger partial charge in [0.15, 0.2) is 0 Å². The second kappa shape index (κ2) is 10.7. The number of aliphatic carboxylic acids is 1. The fourth-order valence-corrected chi connectivity index (χ4v) is 5.11. The number of guanidine groups is 1. The van der Waals surface area contributed by atoms with Gasteiger partial charge in [-0.3, -0.25) is 5.41 Å². The van der Waals surface area contributed by atoms with Gasteiger partial charge < -0.3 is 25.6 Å². The minimum absolute atomic E-state index is 0.0117. The van der Waals surface area contributed by atoms with Gasteiger partial charge in [-0.1, -0.05) is 0 Å². The molecule has 0 bridgehead atoms. The molecule has 0 heterocycles. The van der Waals surface area contributed by atoms with E-state index in [1.54, 1.807) is 47.6 Å². The van der Waals surface area contributed by atoms with Gasteiger partial charge in [-0.05, 0) is 77.1 Å². The second-order valence-electron chi connectivity index (χ2n) is 8.62. The fourth-order valence-electron chi connectivity index (χ4n) is 3.26. The van der Waals surface area contributed by atoms with Gasteiger partial charge in [-0.15, -0.1) is 0 Å². The summed E-state index contributed by atoms with van der Waals surface area (Å²) in [6.07, 6.45) is -0.988.